The minimum Gasteiger partial charge on any atom is -0.456 e. The molecule has 0 unspecified atom stereocenters. The van der Waals surface area contributed by atoms with E-state index < -0.39 is 0 Å². The molecule has 2 aliphatic heterocycles. The number of benzene rings is 8. The molecule has 8 aromatic carbocycles. The van der Waals surface area contributed by atoms with Crippen molar-refractivity contribution in [2.24, 2.45) is 0 Å². The molecule has 4 nitrogen and oxygen atoms in total. The highest BCUT2D eigenvalue weighted by molar-refractivity contribution is 6.90. The maximum absolute atomic E-state index is 6.96. The quantitative estimate of drug-likeness (QED) is 0.164. The van der Waals surface area contributed by atoms with Gasteiger partial charge in [0, 0.05) is 49.2 Å². The molecule has 11 aromatic rings. The average Bonchev–Trinajstić information content (AvgIpc) is 3.94. The van der Waals surface area contributed by atoms with Crippen LogP contribution in [0.1, 0.15) is 52.7 Å². The molecule has 5 heteroatoms. The summed E-state index contributed by atoms with van der Waals surface area (Å²) in [4.78, 5) is 2.52. The van der Waals surface area contributed by atoms with Crippen LogP contribution in [-0.2, 0) is 10.8 Å². The average molecular weight is 787 g/mol. The molecule has 0 bridgehead atoms. The Balaban J connectivity index is 1.25. The van der Waals surface area contributed by atoms with Crippen molar-refractivity contribution < 1.29 is 8.83 Å². The second-order valence-electron chi connectivity index (χ2n) is 19.3. The highest BCUT2D eigenvalue weighted by Gasteiger charge is 2.45. The Morgan fingerprint density at radius 3 is 1.97 bits per heavy atom. The number of aromatic nitrogens is 1. The van der Waals surface area contributed by atoms with Crippen LogP contribution in [0.4, 0.5) is 17.1 Å². The van der Waals surface area contributed by atoms with Gasteiger partial charge in [-0.1, -0.05) is 139 Å². The third-order valence-electron chi connectivity index (χ3n) is 13.7. The molecule has 0 radical (unpaired) electrons. The van der Waals surface area contributed by atoms with Crippen molar-refractivity contribution in [2.75, 3.05) is 4.90 Å². The zero-order valence-corrected chi connectivity index (χ0v) is 35.2. The predicted octanol–water partition coefficient (Wildman–Crippen LogP) is 14.3. The molecule has 13 rings (SSSR count). The lowest BCUT2D eigenvalue weighted by Crippen LogP contribution is -2.56. The number of hydrogen-bond donors (Lipinski definition) is 0. The molecule has 5 heterocycles. The van der Waals surface area contributed by atoms with Gasteiger partial charge in [0.1, 0.15) is 16.7 Å². The topological polar surface area (TPSA) is 34.5 Å². The Bertz CT molecular complexity index is 3680. The normalized spacial score (nSPS) is 13.7. The van der Waals surface area contributed by atoms with E-state index in [-0.39, 0.29) is 17.7 Å². The number of nitrogens with zero attached hydrogens (tertiary/aromatic N) is 2. The second kappa shape index (κ2) is 11.9. The first kappa shape index (κ1) is 34.8. The molecule has 0 amide bonds. The molecular weight excluding hydrogens is 743 g/mol. The summed E-state index contributed by atoms with van der Waals surface area (Å²) < 4.78 is 16.6. The standard InChI is InChI=1S/C56H43BN2O2/c1-55(2,3)34-24-26-44-39(28-34)41-29-35(56(4,5)6)30-42-40-31-49-50(38-18-11-13-22-48(38)60-49)53-51(40)57(59(44)52(41)42)43-25-23-33(32-15-8-7-9-16-32)27-46(43)58(53)45-20-14-19-37-36-17-10-12-21-47(36)61-54(37)45/h7-31H,1-6H3. The molecule has 2 aliphatic rings. The second-order valence-corrected chi connectivity index (χ2v) is 19.3. The van der Waals surface area contributed by atoms with Crippen LogP contribution in [-0.4, -0.2) is 11.3 Å². The van der Waals surface area contributed by atoms with Crippen LogP contribution in [0.25, 0.3) is 87.9 Å². The van der Waals surface area contributed by atoms with E-state index in [0.29, 0.717) is 0 Å². The largest absolute Gasteiger partial charge is 0.456 e. The summed E-state index contributed by atoms with van der Waals surface area (Å²) in [7, 11) is 0. The van der Waals surface area contributed by atoms with Gasteiger partial charge in [0.25, 0.3) is 0 Å². The maximum Gasteiger partial charge on any atom is 0.333 e. The summed E-state index contributed by atoms with van der Waals surface area (Å²) in [6.45, 7) is 13.8. The van der Waals surface area contributed by atoms with Crippen molar-refractivity contribution in [3.63, 3.8) is 0 Å². The molecule has 3 aromatic heterocycles. The van der Waals surface area contributed by atoms with E-state index in [9.17, 15) is 0 Å². The molecular formula is C56H43BN2O2. The SMILES string of the molecule is CC(C)(C)c1ccc2c(c1)c1cc(C(C)(C)C)cc3c1n2B1c2ccc(-c4ccccc4)cc2N(c2cccc4c2oc2ccccc24)c2c1c-3cc1oc3ccccc3c21. The third kappa shape index (κ3) is 4.72. The van der Waals surface area contributed by atoms with Crippen molar-refractivity contribution >= 4 is 101 Å². The Hall–Kier alpha value is -6.98. The fraction of sp³-hybridized carbons (Fsp3) is 0.143. The minimum atomic E-state index is -0.123. The van der Waals surface area contributed by atoms with Crippen LogP contribution in [0.15, 0.2) is 160 Å². The lowest BCUT2D eigenvalue weighted by atomic mass is 9.44. The van der Waals surface area contributed by atoms with E-state index >= 15 is 0 Å². The monoisotopic (exact) mass is 786 g/mol. The van der Waals surface area contributed by atoms with E-state index in [1.54, 1.807) is 0 Å². The van der Waals surface area contributed by atoms with Gasteiger partial charge in [-0.25, -0.2) is 0 Å². The number of anilines is 3. The van der Waals surface area contributed by atoms with Gasteiger partial charge in [-0.2, -0.15) is 0 Å². The number of fused-ring (bicyclic) bond motifs is 14. The summed E-state index contributed by atoms with van der Waals surface area (Å²) in [5, 5.41) is 7.03. The van der Waals surface area contributed by atoms with Crippen LogP contribution in [0.2, 0.25) is 0 Å². The zero-order chi connectivity index (χ0) is 41.1. The number of para-hydroxylation sites is 3. The van der Waals surface area contributed by atoms with Gasteiger partial charge in [0.2, 0.25) is 0 Å². The van der Waals surface area contributed by atoms with Gasteiger partial charge < -0.3 is 18.2 Å². The molecule has 0 atom stereocenters. The highest BCUT2D eigenvalue weighted by atomic mass is 16.3. The van der Waals surface area contributed by atoms with Crippen molar-refractivity contribution in [2.45, 2.75) is 52.4 Å². The van der Waals surface area contributed by atoms with Crippen molar-refractivity contribution in [3.8, 4) is 22.3 Å². The Kier molecular flexibility index (Phi) is 6.77. The summed E-state index contributed by atoms with van der Waals surface area (Å²) in [6.07, 6.45) is 0. The highest BCUT2D eigenvalue weighted by Crippen LogP contribution is 2.52. The maximum atomic E-state index is 6.96. The van der Waals surface area contributed by atoms with Gasteiger partial charge in [-0.05, 0) is 104 Å². The molecule has 0 spiro atoms. The van der Waals surface area contributed by atoms with Crippen molar-refractivity contribution in [1.29, 1.82) is 0 Å². The van der Waals surface area contributed by atoms with E-state index in [1.165, 1.54) is 60.5 Å². The summed E-state index contributed by atoms with van der Waals surface area (Å²) in [5.74, 6) is 0. The minimum absolute atomic E-state index is 0.00161. The molecule has 0 N–H and O–H groups in total. The lowest BCUT2D eigenvalue weighted by Gasteiger charge is -2.41. The molecule has 0 saturated heterocycles. The van der Waals surface area contributed by atoms with E-state index in [0.717, 1.165) is 66.5 Å². The number of hydrogen-bond acceptors (Lipinski definition) is 3. The van der Waals surface area contributed by atoms with Gasteiger partial charge >= 0.3 is 6.85 Å². The predicted molar refractivity (Wildman–Crippen MR) is 257 cm³/mol. The Morgan fingerprint density at radius 2 is 1.18 bits per heavy atom. The third-order valence-corrected chi connectivity index (χ3v) is 13.7. The first-order valence-electron chi connectivity index (χ1n) is 21.5. The van der Waals surface area contributed by atoms with Crippen LogP contribution in [0, 0.1) is 0 Å². The molecule has 0 aliphatic carbocycles. The molecule has 0 saturated carbocycles. The number of rotatable bonds is 2. The van der Waals surface area contributed by atoms with E-state index in [2.05, 4.69) is 203 Å². The fourth-order valence-corrected chi connectivity index (χ4v) is 10.6. The zero-order valence-electron chi connectivity index (χ0n) is 35.2. The summed E-state index contributed by atoms with van der Waals surface area (Å²) in [5.41, 5.74) is 19.2. The van der Waals surface area contributed by atoms with Crippen LogP contribution < -0.4 is 15.8 Å². The first-order chi connectivity index (χ1) is 29.5. The summed E-state index contributed by atoms with van der Waals surface area (Å²) in [6, 6.07) is 56.0. The fourth-order valence-electron chi connectivity index (χ4n) is 10.6. The smallest absolute Gasteiger partial charge is 0.333 e. The van der Waals surface area contributed by atoms with Gasteiger partial charge in [0.05, 0.1) is 16.8 Å². The Labute approximate surface area is 354 Å². The van der Waals surface area contributed by atoms with Gasteiger partial charge in [-0.3, -0.25) is 0 Å². The lowest BCUT2D eigenvalue weighted by molar-refractivity contribution is 0.590. The van der Waals surface area contributed by atoms with Crippen LogP contribution in [0.5, 0.6) is 0 Å². The number of furan rings is 2. The van der Waals surface area contributed by atoms with Crippen molar-refractivity contribution in [3.05, 3.63) is 163 Å². The Morgan fingerprint density at radius 1 is 0.475 bits per heavy atom. The first-order valence-corrected chi connectivity index (χ1v) is 21.5. The van der Waals surface area contributed by atoms with E-state index in [4.69, 9.17) is 8.83 Å². The van der Waals surface area contributed by atoms with Crippen LogP contribution >= 0.6 is 0 Å². The molecule has 0 fully saturated rings. The van der Waals surface area contributed by atoms with Gasteiger partial charge in [0.15, 0.2) is 5.58 Å². The van der Waals surface area contributed by atoms with E-state index in [1.807, 2.05) is 0 Å². The van der Waals surface area contributed by atoms with Crippen LogP contribution in [0.3, 0.4) is 0 Å². The molecule has 61 heavy (non-hydrogen) atoms. The van der Waals surface area contributed by atoms with Crippen molar-refractivity contribution in [1.82, 2.24) is 4.48 Å². The summed E-state index contributed by atoms with van der Waals surface area (Å²) >= 11 is 0. The molecule has 292 valence electrons. The van der Waals surface area contributed by atoms with Gasteiger partial charge in [-0.15, -0.1) is 0 Å².